The lowest BCUT2D eigenvalue weighted by atomic mass is 9.57. The summed E-state index contributed by atoms with van der Waals surface area (Å²) in [6, 6.07) is 0. The van der Waals surface area contributed by atoms with Crippen LogP contribution in [0.2, 0.25) is 0 Å². The van der Waals surface area contributed by atoms with Crippen molar-refractivity contribution in [2.24, 2.45) is 5.41 Å². The molecule has 0 aromatic carbocycles. The molecule has 3 rings (SSSR count). The van der Waals surface area contributed by atoms with E-state index in [1.54, 1.807) is 0 Å². The summed E-state index contributed by atoms with van der Waals surface area (Å²) in [6.45, 7) is 0. The highest BCUT2D eigenvalue weighted by Gasteiger charge is 2.52. The summed E-state index contributed by atoms with van der Waals surface area (Å²) in [7, 11) is 3.54. The maximum atomic E-state index is 11.7. The van der Waals surface area contributed by atoms with Crippen molar-refractivity contribution in [1.29, 1.82) is 0 Å². The van der Waals surface area contributed by atoms with E-state index in [4.69, 9.17) is 4.74 Å². The molecule has 0 radical (unpaired) electrons. The summed E-state index contributed by atoms with van der Waals surface area (Å²) in [4.78, 5) is 11.7. The number of carbonyl (C=O) groups excluding carboxylic acids is 1. The van der Waals surface area contributed by atoms with Crippen LogP contribution >= 0.6 is 12.4 Å². The van der Waals surface area contributed by atoms with Gasteiger partial charge < -0.3 is 10.1 Å². The molecule has 88 valence electrons. The summed E-state index contributed by atoms with van der Waals surface area (Å²) in [5.74, 6) is 0.0157. The zero-order valence-corrected chi connectivity index (χ0v) is 10.3. The fourth-order valence-electron chi connectivity index (χ4n) is 3.08. The monoisotopic (exact) mass is 233 g/mol. The van der Waals surface area contributed by atoms with Gasteiger partial charge in [-0.25, -0.2) is 0 Å². The second kappa shape index (κ2) is 4.30. The number of ether oxygens (including phenoxy) is 1. The molecule has 3 nitrogen and oxygen atoms in total. The Morgan fingerprint density at radius 2 is 1.60 bits per heavy atom. The van der Waals surface area contributed by atoms with Crippen molar-refractivity contribution < 1.29 is 9.53 Å². The van der Waals surface area contributed by atoms with Crippen LogP contribution in [0.4, 0.5) is 0 Å². The highest BCUT2D eigenvalue weighted by Crippen LogP contribution is 2.52. The number of rotatable bonds is 2. The summed E-state index contributed by atoms with van der Waals surface area (Å²) in [6.07, 6.45) is 6.37. The van der Waals surface area contributed by atoms with Gasteiger partial charge in [-0.3, -0.25) is 4.79 Å². The van der Waals surface area contributed by atoms with E-state index in [1.165, 1.54) is 7.11 Å². The van der Waals surface area contributed by atoms with Crippen LogP contribution < -0.4 is 5.32 Å². The standard InChI is InChI=1S/C11H19NO2.ClH/c1-12-11-6-3-10(4-7-11,5-8-11)9(13)14-2;/h12H,3-8H2,1-2H3;1H. The summed E-state index contributed by atoms with van der Waals surface area (Å²) >= 11 is 0. The number of nitrogens with one attached hydrogen (secondary N) is 1. The third-order valence-electron chi connectivity index (χ3n) is 4.40. The van der Waals surface area contributed by atoms with Crippen molar-refractivity contribution in [1.82, 2.24) is 5.32 Å². The Labute approximate surface area is 97.4 Å². The van der Waals surface area contributed by atoms with E-state index in [1.807, 2.05) is 7.05 Å². The fraction of sp³-hybridized carbons (Fsp3) is 0.909. The molecule has 0 unspecified atom stereocenters. The van der Waals surface area contributed by atoms with Gasteiger partial charge in [0.05, 0.1) is 12.5 Å². The lowest BCUT2D eigenvalue weighted by Crippen LogP contribution is -2.55. The topological polar surface area (TPSA) is 38.3 Å². The molecule has 1 N–H and O–H groups in total. The van der Waals surface area contributed by atoms with E-state index < -0.39 is 0 Å². The summed E-state index contributed by atoms with van der Waals surface area (Å²) in [5, 5.41) is 3.43. The number of halogens is 1. The predicted molar refractivity (Wildman–Crippen MR) is 61.2 cm³/mol. The lowest BCUT2D eigenvalue weighted by molar-refractivity contribution is -0.160. The Bertz CT molecular complexity index is 230. The molecule has 0 aromatic rings. The molecule has 15 heavy (non-hydrogen) atoms. The quantitative estimate of drug-likeness (QED) is 0.741. The van der Waals surface area contributed by atoms with E-state index in [-0.39, 0.29) is 23.8 Å². The molecule has 3 fully saturated rings. The number of carbonyl (C=O) groups is 1. The van der Waals surface area contributed by atoms with Crippen LogP contribution in [0.1, 0.15) is 38.5 Å². The predicted octanol–water partition coefficient (Wildman–Crippen LogP) is 1.89. The van der Waals surface area contributed by atoms with Gasteiger partial charge in [-0.15, -0.1) is 12.4 Å². The molecule has 3 aliphatic carbocycles. The number of fused-ring (bicyclic) bond motifs is 3. The largest absolute Gasteiger partial charge is 0.469 e. The average molecular weight is 234 g/mol. The zero-order valence-electron chi connectivity index (χ0n) is 9.47. The van der Waals surface area contributed by atoms with Gasteiger partial charge in [0.25, 0.3) is 0 Å². The van der Waals surface area contributed by atoms with Gasteiger partial charge in [-0.05, 0) is 45.6 Å². The second-order valence-corrected chi connectivity index (χ2v) is 4.80. The van der Waals surface area contributed by atoms with Crippen molar-refractivity contribution in [3.05, 3.63) is 0 Å². The van der Waals surface area contributed by atoms with Gasteiger partial charge >= 0.3 is 5.97 Å². The highest BCUT2D eigenvalue weighted by atomic mass is 35.5. The van der Waals surface area contributed by atoms with Crippen molar-refractivity contribution >= 4 is 18.4 Å². The van der Waals surface area contributed by atoms with Crippen LogP contribution in [0.25, 0.3) is 0 Å². The molecular formula is C11H20ClNO2. The first-order valence-corrected chi connectivity index (χ1v) is 5.44. The highest BCUT2D eigenvalue weighted by molar-refractivity contribution is 5.85. The van der Waals surface area contributed by atoms with Crippen LogP contribution in [0.5, 0.6) is 0 Å². The summed E-state index contributed by atoms with van der Waals surface area (Å²) < 4.78 is 4.92. The Hall–Kier alpha value is -0.280. The van der Waals surface area contributed by atoms with Crippen molar-refractivity contribution in [2.75, 3.05) is 14.2 Å². The van der Waals surface area contributed by atoms with Crippen LogP contribution in [-0.4, -0.2) is 25.7 Å². The Balaban J connectivity index is 0.00000112. The van der Waals surface area contributed by atoms with E-state index >= 15 is 0 Å². The SMILES string of the molecule is CNC12CCC(C(=O)OC)(CC1)CC2.Cl. The molecular weight excluding hydrogens is 214 g/mol. The van der Waals surface area contributed by atoms with E-state index in [2.05, 4.69) is 5.32 Å². The molecule has 2 bridgehead atoms. The first-order chi connectivity index (χ1) is 6.66. The molecule has 3 aliphatic rings. The van der Waals surface area contributed by atoms with E-state index in [0.29, 0.717) is 5.54 Å². The Morgan fingerprint density at radius 1 is 1.13 bits per heavy atom. The molecule has 0 saturated heterocycles. The van der Waals surface area contributed by atoms with Crippen LogP contribution in [-0.2, 0) is 9.53 Å². The number of hydrogen-bond acceptors (Lipinski definition) is 3. The Morgan fingerprint density at radius 3 is 1.93 bits per heavy atom. The minimum atomic E-state index is -0.132. The molecule has 0 amide bonds. The Kier molecular flexibility index (Phi) is 3.67. The zero-order chi connectivity index (χ0) is 10.2. The second-order valence-electron chi connectivity index (χ2n) is 4.80. The molecule has 0 heterocycles. The van der Waals surface area contributed by atoms with Gasteiger partial charge in [0, 0.05) is 5.54 Å². The van der Waals surface area contributed by atoms with Crippen molar-refractivity contribution in [3.63, 3.8) is 0 Å². The molecule has 0 atom stereocenters. The molecule has 0 aromatic heterocycles. The van der Waals surface area contributed by atoms with Gasteiger partial charge in [0.2, 0.25) is 0 Å². The molecule has 0 aliphatic heterocycles. The van der Waals surface area contributed by atoms with Crippen molar-refractivity contribution in [2.45, 2.75) is 44.1 Å². The summed E-state index contributed by atoms with van der Waals surface area (Å²) in [5.41, 5.74) is 0.198. The van der Waals surface area contributed by atoms with Crippen LogP contribution in [0.15, 0.2) is 0 Å². The van der Waals surface area contributed by atoms with E-state index in [0.717, 1.165) is 38.5 Å². The third-order valence-corrected chi connectivity index (χ3v) is 4.40. The van der Waals surface area contributed by atoms with Gasteiger partial charge in [0.1, 0.15) is 0 Å². The minimum Gasteiger partial charge on any atom is -0.469 e. The van der Waals surface area contributed by atoms with Gasteiger partial charge in [0.15, 0.2) is 0 Å². The van der Waals surface area contributed by atoms with Gasteiger partial charge in [-0.1, -0.05) is 0 Å². The first-order valence-electron chi connectivity index (χ1n) is 5.44. The average Bonchev–Trinajstić information content (AvgIpc) is 2.30. The third kappa shape index (κ3) is 1.87. The minimum absolute atomic E-state index is 0. The number of methoxy groups -OCH3 is 1. The van der Waals surface area contributed by atoms with Gasteiger partial charge in [-0.2, -0.15) is 0 Å². The molecule has 4 heteroatoms. The van der Waals surface area contributed by atoms with Crippen molar-refractivity contribution in [3.8, 4) is 0 Å². The van der Waals surface area contributed by atoms with Crippen LogP contribution in [0, 0.1) is 5.41 Å². The normalized spacial score (nSPS) is 38.3. The number of esters is 1. The maximum Gasteiger partial charge on any atom is 0.311 e. The molecule has 0 spiro atoms. The molecule has 3 saturated carbocycles. The number of hydrogen-bond donors (Lipinski definition) is 1. The fourth-order valence-corrected chi connectivity index (χ4v) is 3.08. The van der Waals surface area contributed by atoms with E-state index in [9.17, 15) is 4.79 Å². The first kappa shape index (κ1) is 12.8. The smallest absolute Gasteiger partial charge is 0.311 e. The van der Waals surface area contributed by atoms with Crippen LogP contribution in [0.3, 0.4) is 0 Å². The lowest BCUT2D eigenvalue weighted by Gasteiger charge is -2.51. The maximum absolute atomic E-state index is 11.7.